The lowest BCUT2D eigenvalue weighted by molar-refractivity contribution is -0.122. The van der Waals surface area contributed by atoms with Crippen molar-refractivity contribution >= 4 is 34.0 Å². The van der Waals surface area contributed by atoms with E-state index in [4.69, 9.17) is 18.0 Å². The summed E-state index contributed by atoms with van der Waals surface area (Å²) in [6.07, 6.45) is 3.98. The van der Waals surface area contributed by atoms with Crippen molar-refractivity contribution in [3.05, 3.63) is 36.0 Å². The highest BCUT2D eigenvalue weighted by Crippen LogP contribution is 2.17. The molecular weight excluding hydrogens is 282 g/mol. The quantitative estimate of drug-likeness (QED) is 0.806. The van der Waals surface area contributed by atoms with Gasteiger partial charge in [0.2, 0.25) is 5.91 Å². The zero-order valence-corrected chi connectivity index (χ0v) is 13.2. The summed E-state index contributed by atoms with van der Waals surface area (Å²) in [7, 11) is 0. The third-order valence-electron chi connectivity index (χ3n) is 3.50. The zero-order valence-electron chi connectivity index (χ0n) is 12.4. The normalized spacial score (nSPS) is 12.3. The third-order valence-corrected chi connectivity index (χ3v) is 3.73. The maximum absolute atomic E-state index is 12.0. The van der Waals surface area contributed by atoms with Crippen LogP contribution in [0, 0.1) is 0 Å². The van der Waals surface area contributed by atoms with E-state index in [-0.39, 0.29) is 11.9 Å². The molecule has 4 nitrogen and oxygen atoms in total. The number of nitrogens with two attached hydrogens (primary N) is 1. The van der Waals surface area contributed by atoms with Crippen LogP contribution in [0.4, 0.5) is 0 Å². The summed E-state index contributed by atoms with van der Waals surface area (Å²) in [5.74, 6) is 0.0341. The number of thiocarbonyl (C=S) groups is 1. The lowest BCUT2D eigenvalue weighted by Gasteiger charge is -2.13. The van der Waals surface area contributed by atoms with Gasteiger partial charge in [0.15, 0.2) is 0 Å². The first kappa shape index (κ1) is 15.5. The molecule has 2 rings (SSSR count). The summed E-state index contributed by atoms with van der Waals surface area (Å²) in [4.78, 5) is 12.4. The maximum atomic E-state index is 12.0. The molecular formula is C16H21N3OS. The van der Waals surface area contributed by atoms with Crippen molar-refractivity contribution in [2.24, 2.45) is 5.73 Å². The summed E-state index contributed by atoms with van der Waals surface area (Å²) in [5.41, 5.74) is 7.49. The van der Waals surface area contributed by atoms with Crippen LogP contribution >= 0.6 is 12.2 Å². The largest absolute Gasteiger partial charge is 0.389 e. The number of rotatable bonds is 6. The van der Waals surface area contributed by atoms with Gasteiger partial charge < -0.3 is 15.6 Å². The Hall–Kier alpha value is -1.88. The van der Waals surface area contributed by atoms with E-state index < -0.39 is 0 Å². The molecule has 1 amide bonds. The molecule has 1 heterocycles. The molecule has 0 spiro atoms. The van der Waals surface area contributed by atoms with Crippen molar-refractivity contribution in [2.75, 3.05) is 0 Å². The minimum atomic E-state index is 0.0341. The molecule has 0 aliphatic heterocycles. The topological polar surface area (TPSA) is 60.0 Å². The summed E-state index contributed by atoms with van der Waals surface area (Å²) in [5, 5.41) is 4.05. The number of hydrogen-bond acceptors (Lipinski definition) is 2. The molecule has 1 aromatic carbocycles. The van der Waals surface area contributed by atoms with Gasteiger partial charge in [0.25, 0.3) is 0 Å². The van der Waals surface area contributed by atoms with Crippen molar-refractivity contribution < 1.29 is 4.79 Å². The number of nitrogens with zero attached hydrogens (tertiary/aromatic N) is 1. The summed E-state index contributed by atoms with van der Waals surface area (Å²) < 4.78 is 1.94. The summed E-state index contributed by atoms with van der Waals surface area (Å²) in [6, 6.07) is 7.97. The average Bonchev–Trinajstić information content (AvgIpc) is 2.81. The Morgan fingerprint density at radius 1 is 1.43 bits per heavy atom. The molecule has 1 unspecified atom stereocenters. The first-order valence-electron chi connectivity index (χ1n) is 7.19. The number of fused-ring (bicyclic) bond motifs is 1. The van der Waals surface area contributed by atoms with Gasteiger partial charge in [0, 0.05) is 28.7 Å². The SMILES string of the molecule is CCCC(C)NC(=O)Cn1ccc2cc(C(N)=S)ccc21. The number of nitrogens with one attached hydrogen (secondary N) is 1. The van der Waals surface area contributed by atoms with Crippen molar-refractivity contribution in [2.45, 2.75) is 39.3 Å². The minimum absolute atomic E-state index is 0.0341. The van der Waals surface area contributed by atoms with E-state index >= 15 is 0 Å². The van der Waals surface area contributed by atoms with Crippen LogP contribution in [-0.4, -0.2) is 21.5 Å². The molecule has 5 heteroatoms. The fourth-order valence-corrected chi connectivity index (χ4v) is 2.60. The minimum Gasteiger partial charge on any atom is -0.389 e. The molecule has 21 heavy (non-hydrogen) atoms. The van der Waals surface area contributed by atoms with E-state index in [9.17, 15) is 4.79 Å². The third kappa shape index (κ3) is 3.82. The van der Waals surface area contributed by atoms with Crippen LogP contribution in [0.3, 0.4) is 0 Å². The Kier molecular flexibility index (Phi) is 4.96. The monoisotopic (exact) mass is 303 g/mol. The second-order valence-electron chi connectivity index (χ2n) is 5.34. The molecule has 0 bridgehead atoms. The predicted molar refractivity (Wildman–Crippen MR) is 90.3 cm³/mol. The Balaban J connectivity index is 2.12. The maximum Gasteiger partial charge on any atom is 0.240 e. The van der Waals surface area contributed by atoms with Gasteiger partial charge in [0.05, 0.1) is 0 Å². The highest BCUT2D eigenvalue weighted by molar-refractivity contribution is 7.80. The fraction of sp³-hybridized carbons (Fsp3) is 0.375. The van der Waals surface area contributed by atoms with E-state index in [1.807, 2.05) is 42.0 Å². The number of carbonyl (C=O) groups excluding carboxylic acids is 1. The molecule has 1 atom stereocenters. The molecule has 0 radical (unpaired) electrons. The molecule has 2 aromatic rings. The Labute approximate surface area is 130 Å². The molecule has 3 N–H and O–H groups in total. The zero-order chi connectivity index (χ0) is 15.4. The number of benzene rings is 1. The molecule has 0 aliphatic carbocycles. The van der Waals surface area contributed by atoms with Gasteiger partial charge in [-0.1, -0.05) is 25.6 Å². The Bertz CT molecular complexity index is 663. The van der Waals surface area contributed by atoms with Crippen LogP contribution < -0.4 is 11.1 Å². The van der Waals surface area contributed by atoms with Crippen LogP contribution in [0.5, 0.6) is 0 Å². The van der Waals surface area contributed by atoms with E-state index in [2.05, 4.69) is 12.2 Å². The van der Waals surface area contributed by atoms with Crippen LogP contribution in [0.1, 0.15) is 32.3 Å². The number of carbonyl (C=O) groups is 1. The van der Waals surface area contributed by atoms with E-state index in [0.717, 1.165) is 29.3 Å². The second-order valence-corrected chi connectivity index (χ2v) is 5.78. The second kappa shape index (κ2) is 6.72. The van der Waals surface area contributed by atoms with Gasteiger partial charge >= 0.3 is 0 Å². The predicted octanol–water partition coefficient (Wildman–Crippen LogP) is 2.58. The fourth-order valence-electron chi connectivity index (χ4n) is 2.47. The molecule has 0 aliphatic rings. The van der Waals surface area contributed by atoms with Crippen LogP contribution in [-0.2, 0) is 11.3 Å². The first-order valence-corrected chi connectivity index (χ1v) is 7.60. The van der Waals surface area contributed by atoms with Crippen molar-refractivity contribution in [3.63, 3.8) is 0 Å². The van der Waals surface area contributed by atoms with Gasteiger partial charge in [-0.3, -0.25) is 4.79 Å². The van der Waals surface area contributed by atoms with Gasteiger partial charge in [-0.2, -0.15) is 0 Å². The molecule has 0 saturated carbocycles. The number of amides is 1. The number of hydrogen-bond donors (Lipinski definition) is 2. The summed E-state index contributed by atoms with van der Waals surface area (Å²) in [6.45, 7) is 4.47. The van der Waals surface area contributed by atoms with Crippen molar-refractivity contribution in [3.8, 4) is 0 Å². The van der Waals surface area contributed by atoms with Gasteiger partial charge in [0.1, 0.15) is 11.5 Å². The Morgan fingerprint density at radius 3 is 2.86 bits per heavy atom. The van der Waals surface area contributed by atoms with Gasteiger partial charge in [-0.05, 0) is 37.6 Å². The molecule has 0 saturated heterocycles. The smallest absolute Gasteiger partial charge is 0.240 e. The van der Waals surface area contributed by atoms with Gasteiger partial charge in [-0.15, -0.1) is 0 Å². The van der Waals surface area contributed by atoms with Crippen LogP contribution in [0.25, 0.3) is 10.9 Å². The Morgan fingerprint density at radius 2 is 2.19 bits per heavy atom. The van der Waals surface area contributed by atoms with E-state index in [1.54, 1.807) is 0 Å². The first-order chi connectivity index (χ1) is 10.0. The lowest BCUT2D eigenvalue weighted by Crippen LogP contribution is -2.34. The highest BCUT2D eigenvalue weighted by Gasteiger charge is 2.09. The molecule has 0 fully saturated rings. The van der Waals surface area contributed by atoms with Crippen LogP contribution in [0.2, 0.25) is 0 Å². The lowest BCUT2D eigenvalue weighted by atomic mass is 10.1. The van der Waals surface area contributed by atoms with Gasteiger partial charge in [-0.25, -0.2) is 0 Å². The standard InChI is InChI=1S/C16H21N3OS/c1-3-4-11(2)18-15(20)10-19-8-7-12-9-13(16(17)21)5-6-14(12)19/h5-9,11H,3-4,10H2,1-2H3,(H2,17,21)(H,18,20). The van der Waals surface area contributed by atoms with E-state index in [0.29, 0.717) is 11.5 Å². The number of aromatic nitrogens is 1. The van der Waals surface area contributed by atoms with E-state index in [1.165, 1.54) is 0 Å². The molecule has 1 aromatic heterocycles. The van der Waals surface area contributed by atoms with Crippen LogP contribution in [0.15, 0.2) is 30.5 Å². The summed E-state index contributed by atoms with van der Waals surface area (Å²) >= 11 is 4.98. The molecule has 112 valence electrons. The average molecular weight is 303 g/mol. The van der Waals surface area contributed by atoms with Crippen molar-refractivity contribution in [1.29, 1.82) is 0 Å². The highest BCUT2D eigenvalue weighted by atomic mass is 32.1. The van der Waals surface area contributed by atoms with Crippen molar-refractivity contribution in [1.82, 2.24) is 9.88 Å².